The molecule has 0 heterocycles. The second kappa shape index (κ2) is 27.9. The number of hydrogen-bond donors (Lipinski definition) is 0. The van der Waals surface area contributed by atoms with Crippen LogP contribution in [0.4, 0.5) is 0 Å². The molecule has 0 atom stereocenters. The van der Waals surface area contributed by atoms with Crippen molar-refractivity contribution < 1.29 is 11.2 Å². The van der Waals surface area contributed by atoms with Crippen molar-refractivity contribution in [2.24, 2.45) is 0 Å². The molecule has 6 aromatic carbocycles. The van der Waals surface area contributed by atoms with Gasteiger partial charge in [0.1, 0.15) is 46.4 Å². The van der Waals surface area contributed by atoms with Crippen molar-refractivity contribution in [3.8, 4) is 0 Å². The molecule has 14 heteroatoms. The zero-order chi connectivity index (χ0) is 40.9. The van der Waals surface area contributed by atoms with E-state index < -0.39 is 25.8 Å². The van der Waals surface area contributed by atoms with Gasteiger partial charge in [0.2, 0.25) is 0 Å². The molecule has 0 saturated carbocycles. The first-order valence-corrected chi connectivity index (χ1v) is 46.6. The van der Waals surface area contributed by atoms with Gasteiger partial charge in [0.25, 0.3) is 0 Å². The van der Waals surface area contributed by atoms with E-state index in [0.717, 1.165) is 10.7 Å². The van der Waals surface area contributed by atoms with Crippen LogP contribution in [0.3, 0.4) is 0 Å². The summed E-state index contributed by atoms with van der Waals surface area (Å²) in [6.07, 6.45) is 4.73. The predicted octanol–water partition coefficient (Wildman–Crippen LogP) is 16.3. The molecular weight excluding hydrogens is 1480 g/mol. The Kier molecular flexibility index (Phi) is 26.1. The van der Waals surface area contributed by atoms with E-state index in [2.05, 4.69) is 327 Å². The summed E-state index contributed by atoms with van der Waals surface area (Å²) in [6, 6.07) is 66.4. The van der Waals surface area contributed by atoms with E-state index in [4.69, 9.17) is 0 Å². The Balaban J connectivity index is 0.000000242. The Hall–Kier alpha value is 2.02. The summed E-state index contributed by atoms with van der Waals surface area (Å²) in [7, 11) is -3.20. The number of halogens is 10. The van der Waals surface area contributed by atoms with Crippen LogP contribution in [-0.2, 0) is 11.2 Å². The quantitative estimate of drug-likeness (QED) is 0.0651. The maximum atomic E-state index is 3.64. The fourth-order valence-corrected chi connectivity index (χ4v) is 16.5. The molecule has 0 N–H and O–H groups in total. The fourth-order valence-electron chi connectivity index (χ4n) is 6.36. The molecule has 0 unspecified atom stereocenters. The summed E-state index contributed by atoms with van der Waals surface area (Å²) in [5.41, 5.74) is -2.75. The zero-order valence-corrected chi connectivity index (χ0v) is 50.0. The standard InChI is InChI=1S/2C21H21BrP.8BrH.2Mn/c2*22-17-10-18-23(19-11-4-1-5-12-19,20-13-6-2-7-14-20)21-15-8-3-9-16-21;;;;;;;;;;/h2*1-9,11-16H,10,17-18H2;8*1H;;/q2*+1;;;;;;;;;2*+3/p-8. The molecule has 0 aromatic heterocycles. The summed E-state index contributed by atoms with van der Waals surface area (Å²) in [6.45, 7) is 0. The third-order valence-corrected chi connectivity index (χ3v) is 18.6. The van der Waals surface area contributed by atoms with E-state index in [9.17, 15) is 0 Å². The first-order valence-electron chi connectivity index (χ1n) is 17.1. The molecule has 6 rings (SSSR count). The third kappa shape index (κ3) is 18.4. The van der Waals surface area contributed by atoms with E-state index in [0.29, 0.717) is 0 Å². The van der Waals surface area contributed by atoms with Gasteiger partial charge in [-0.3, -0.25) is 0 Å². The summed E-state index contributed by atoms with van der Waals surface area (Å²) in [5.74, 6) is 0. The van der Waals surface area contributed by atoms with Crippen molar-refractivity contribution >= 4 is 191 Å². The molecular formula is C42H42Br10Mn2P2. The van der Waals surface area contributed by atoms with Crippen molar-refractivity contribution in [2.75, 3.05) is 23.0 Å². The predicted molar refractivity (Wildman–Crippen MR) is 288 cm³/mol. The Morgan fingerprint density at radius 2 is 0.429 bits per heavy atom. The van der Waals surface area contributed by atoms with Gasteiger partial charge < -0.3 is 0 Å². The first kappa shape index (κ1) is 52.4. The molecule has 0 aliphatic carbocycles. The Labute approximate surface area is 413 Å². The number of hydrogen-bond acceptors (Lipinski definition) is 0. The molecule has 56 heavy (non-hydrogen) atoms. The molecule has 0 spiro atoms. The van der Waals surface area contributed by atoms with Crippen LogP contribution in [0.5, 0.6) is 0 Å². The van der Waals surface area contributed by atoms with Gasteiger partial charge in [0.15, 0.2) is 0 Å². The molecule has 0 fully saturated rings. The monoisotopic (exact) mass is 1510 g/mol. The molecule has 0 bridgehead atoms. The Morgan fingerprint density at radius 3 is 0.554 bits per heavy atom. The average molecular weight is 1520 g/mol. The zero-order valence-electron chi connectivity index (χ0n) is 30.0. The van der Waals surface area contributed by atoms with Crippen molar-refractivity contribution in [3.63, 3.8) is 0 Å². The SMILES string of the molecule is BrCCC[P+](c1ccccc1)(c1ccccc1)c1ccccc1.BrCCC[P+](c1ccccc1)(c1ccccc1)c1ccccc1.[Br][Mn-]([Br])([Br])[Br].[Br][Mn-]([Br])([Br])[Br]. The number of alkyl halides is 2. The molecule has 6 aromatic rings. The summed E-state index contributed by atoms with van der Waals surface area (Å²) in [5, 5.41) is 10.9. The minimum absolute atomic E-state index is 1.04. The number of rotatable bonds is 12. The second-order valence-electron chi connectivity index (χ2n) is 11.8. The Morgan fingerprint density at radius 1 is 0.286 bits per heavy atom. The molecule has 0 aliphatic rings. The van der Waals surface area contributed by atoms with Gasteiger partial charge in [0, 0.05) is 10.7 Å². The van der Waals surface area contributed by atoms with Gasteiger partial charge in [-0.1, -0.05) is 141 Å². The fraction of sp³-hybridized carbons (Fsp3) is 0.143. The summed E-state index contributed by atoms with van der Waals surface area (Å²) in [4.78, 5) is 0. The van der Waals surface area contributed by atoms with E-state index in [1.165, 1.54) is 57.0 Å². The normalized spacial score (nSPS) is 12.0. The van der Waals surface area contributed by atoms with Gasteiger partial charge >= 0.3 is 124 Å². The summed E-state index contributed by atoms with van der Waals surface area (Å²) < 4.78 is 0. The van der Waals surface area contributed by atoms with Crippen LogP contribution in [0, 0.1) is 0 Å². The number of benzene rings is 6. The van der Waals surface area contributed by atoms with Gasteiger partial charge in [-0.2, -0.15) is 0 Å². The van der Waals surface area contributed by atoms with E-state index >= 15 is 0 Å². The van der Waals surface area contributed by atoms with Gasteiger partial charge in [-0.15, -0.1) is 0 Å². The Bertz CT molecular complexity index is 1560. The van der Waals surface area contributed by atoms with Gasteiger partial charge in [-0.05, 0) is 85.6 Å². The van der Waals surface area contributed by atoms with Crippen molar-refractivity contribution in [1.29, 1.82) is 0 Å². The van der Waals surface area contributed by atoms with Gasteiger partial charge in [0.05, 0.1) is 12.3 Å². The van der Waals surface area contributed by atoms with E-state index in [-0.39, 0.29) is 0 Å². The van der Waals surface area contributed by atoms with Crippen LogP contribution in [-0.4, -0.2) is 23.0 Å². The first-order chi connectivity index (χ1) is 26.8. The second-order valence-corrected chi connectivity index (χ2v) is 92.1. The van der Waals surface area contributed by atoms with Gasteiger partial charge in [-0.25, -0.2) is 0 Å². The topological polar surface area (TPSA) is 0 Å². The van der Waals surface area contributed by atoms with Crippen LogP contribution in [0.2, 0.25) is 0 Å². The van der Waals surface area contributed by atoms with Crippen molar-refractivity contribution in [1.82, 2.24) is 0 Å². The van der Waals surface area contributed by atoms with Crippen LogP contribution in [0.15, 0.2) is 182 Å². The van der Waals surface area contributed by atoms with Crippen molar-refractivity contribution in [2.45, 2.75) is 12.8 Å². The third-order valence-electron chi connectivity index (χ3n) is 8.44. The van der Waals surface area contributed by atoms with Crippen molar-refractivity contribution in [3.05, 3.63) is 182 Å². The average Bonchev–Trinajstić information content (AvgIpc) is 3.20. The molecule has 0 amide bonds. The molecule has 304 valence electrons. The van der Waals surface area contributed by atoms with Crippen LogP contribution in [0.25, 0.3) is 0 Å². The van der Waals surface area contributed by atoms with Crippen LogP contribution >= 0.6 is 159 Å². The molecule has 0 aliphatic heterocycles. The minimum atomic E-state index is -1.60. The molecule has 0 nitrogen and oxygen atoms in total. The van der Waals surface area contributed by atoms with Crippen LogP contribution < -0.4 is 31.8 Å². The molecule has 0 saturated heterocycles. The summed E-state index contributed by atoms with van der Waals surface area (Å²) >= 11 is 33.4. The maximum absolute atomic E-state index is 3.64. The van der Waals surface area contributed by atoms with Crippen LogP contribution in [0.1, 0.15) is 12.8 Å². The molecule has 0 radical (unpaired) electrons. The van der Waals surface area contributed by atoms with E-state index in [1.54, 1.807) is 0 Å². The van der Waals surface area contributed by atoms with E-state index in [1.807, 2.05) is 0 Å².